The quantitative estimate of drug-likeness (QED) is 0.566. The van der Waals surface area contributed by atoms with Crippen LogP contribution in [0, 0.1) is 0 Å². The van der Waals surface area contributed by atoms with Gasteiger partial charge in [0.1, 0.15) is 0 Å². The predicted octanol–water partition coefficient (Wildman–Crippen LogP) is 0.335. The molecule has 0 aliphatic rings. The van der Waals surface area contributed by atoms with Crippen molar-refractivity contribution in [2.75, 3.05) is 0 Å². The van der Waals surface area contributed by atoms with Crippen LogP contribution in [0.3, 0.4) is 0 Å². The fourth-order valence-electron chi connectivity index (χ4n) is 0.0913. The van der Waals surface area contributed by atoms with E-state index >= 15 is 0 Å². The molecule has 0 atom stereocenters. The second-order valence-corrected chi connectivity index (χ2v) is 5.15. The summed E-state index contributed by atoms with van der Waals surface area (Å²) in [4.78, 5) is 0. The minimum absolute atomic E-state index is 0.591. The van der Waals surface area contributed by atoms with Gasteiger partial charge in [0, 0.05) is 0 Å². The minimum atomic E-state index is 0.591. The van der Waals surface area contributed by atoms with Crippen molar-refractivity contribution in [1.82, 2.24) is 0 Å². The first-order valence-corrected chi connectivity index (χ1v) is 7.78. The molecule has 0 aromatic rings. The molecule has 0 rings (SSSR count). The summed E-state index contributed by atoms with van der Waals surface area (Å²) in [5.74, 6) is 0. The number of hydrogen-bond donors (Lipinski definition) is 0. The van der Waals surface area contributed by atoms with E-state index in [4.69, 9.17) is 0 Å². The molecule has 5 heavy (non-hydrogen) atoms. The molecule has 0 aromatic carbocycles. The zero-order valence-corrected chi connectivity index (χ0v) is 6.86. The molecular weight excluding hydrogens is 194 g/mol. The molecular formula is C3H8Se2. The summed E-state index contributed by atoms with van der Waals surface area (Å²) < 4.78 is 0. The van der Waals surface area contributed by atoms with Crippen molar-refractivity contribution in [3.05, 3.63) is 0 Å². The molecule has 0 bridgehead atoms. The van der Waals surface area contributed by atoms with Crippen LogP contribution in [-0.2, 0) is 0 Å². The number of rotatable bonds is 2. The molecule has 2 heteroatoms. The molecule has 32 valence electrons. The van der Waals surface area contributed by atoms with Gasteiger partial charge in [0.05, 0.1) is 0 Å². The van der Waals surface area contributed by atoms with Crippen LogP contribution in [0.15, 0.2) is 0 Å². The second kappa shape index (κ2) is 5.04. The van der Waals surface area contributed by atoms with E-state index in [9.17, 15) is 0 Å². The van der Waals surface area contributed by atoms with E-state index in [2.05, 4.69) is 20.6 Å². The van der Waals surface area contributed by atoms with E-state index in [-0.39, 0.29) is 0 Å². The van der Waals surface area contributed by atoms with Crippen molar-refractivity contribution >= 4 is 26.3 Å². The maximum absolute atomic E-state index is 3.04. The van der Waals surface area contributed by atoms with E-state index in [1.165, 1.54) is 11.7 Å². The average Bonchev–Trinajstić information content (AvgIpc) is 1.41. The number of hydrogen-bond acceptors (Lipinski definition) is 0. The van der Waals surface area contributed by atoms with E-state index in [0.29, 0.717) is 12.6 Å². The maximum atomic E-state index is 3.04. The van der Waals surface area contributed by atoms with Crippen LogP contribution in [0.2, 0.25) is 5.32 Å². The van der Waals surface area contributed by atoms with Gasteiger partial charge in [-0.3, -0.25) is 0 Å². The van der Waals surface area contributed by atoms with Crippen molar-refractivity contribution in [3.8, 4) is 0 Å². The van der Waals surface area contributed by atoms with Crippen molar-refractivity contribution in [1.29, 1.82) is 0 Å². The Morgan fingerprint density at radius 2 is 2.40 bits per heavy atom. The summed E-state index contributed by atoms with van der Waals surface area (Å²) in [6.45, 7) is 2.22. The van der Waals surface area contributed by atoms with E-state index in [0.717, 1.165) is 0 Å². The summed E-state index contributed by atoms with van der Waals surface area (Å²) >= 11 is 3.63. The van der Waals surface area contributed by atoms with Crippen LogP contribution < -0.4 is 0 Å². The van der Waals surface area contributed by atoms with Gasteiger partial charge in [-0.05, 0) is 0 Å². The van der Waals surface area contributed by atoms with Crippen LogP contribution in [0.25, 0.3) is 0 Å². The molecule has 0 radical (unpaired) electrons. The summed E-state index contributed by atoms with van der Waals surface area (Å²) in [6.07, 6.45) is 1.35. The molecule has 0 saturated carbocycles. The predicted molar refractivity (Wildman–Crippen MR) is 28.0 cm³/mol. The Bertz CT molecular complexity index is 26.1. The van der Waals surface area contributed by atoms with Gasteiger partial charge in [0.15, 0.2) is 0 Å². The topological polar surface area (TPSA) is 0 Å². The van der Waals surface area contributed by atoms with E-state index in [1.807, 2.05) is 0 Å². The molecule has 0 spiro atoms. The first kappa shape index (κ1) is 6.04. The van der Waals surface area contributed by atoms with Gasteiger partial charge in [-0.2, -0.15) is 0 Å². The summed E-state index contributed by atoms with van der Waals surface area (Å²) in [5.41, 5.74) is 0. The Kier molecular flexibility index (Phi) is 6.09. The Balaban J connectivity index is 2.40. The normalized spacial score (nSPS) is 8.20. The molecule has 0 nitrogen and oxygen atoms in total. The van der Waals surface area contributed by atoms with Crippen LogP contribution in [0.5, 0.6) is 0 Å². The average molecular weight is 202 g/mol. The monoisotopic (exact) mass is 204 g/mol. The Morgan fingerprint density at radius 3 is 2.40 bits per heavy atom. The van der Waals surface area contributed by atoms with Gasteiger partial charge in [0.2, 0.25) is 0 Å². The van der Waals surface area contributed by atoms with Gasteiger partial charge < -0.3 is 0 Å². The first-order chi connectivity index (χ1) is 2.41. The summed E-state index contributed by atoms with van der Waals surface area (Å²) in [7, 11) is 0. The molecule has 0 fully saturated rings. The Labute approximate surface area is 45.2 Å². The van der Waals surface area contributed by atoms with Crippen molar-refractivity contribution in [2.45, 2.75) is 18.7 Å². The van der Waals surface area contributed by atoms with Gasteiger partial charge in [0.25, 0.3) is 0 Å². The molecule has 0 N–H and O–H groups in total. The molecule has 0 aliphatic heterocycles. The molecule has 0 saturated heterocycles. The van der Waals surface area contributed by atoms with Gasteiger partial charge in [-0.15, -0.1) is 0 Å². The fourth-order valence-corrected chi connectivity index (χ4v) is 2.46. The van der Waals surface area contributed by atoms with Gasteiger partial charge in [-0.1, -0.05) is 0 Å². The summed E-state index contributed by atoms with van der Waals surface area (Å²) in [5, 5.41) is 1.43. The van der Waals surface area contributed by atoms with Crippen LogP contribution in [0.1, 0.15) is 13.3 Å². The van der Waals surface area contributed by atoms with E-state index in [1.54, 1.807) is 0 Å². The van der Waals surface area contributed by atoms with Crippen LogP contribution in [0.4, 0.5) is 0 Å². The fraction of sp³-hybridized carbons (Fsp3) is 1.00. The van der Waals surface area contributed by atoms with Crippen molar-refractivity contribution in [3.63, 3.8) is 0 Å². The molecule has 0 aromatic heterocycles. The second-order valence-electron chi connectivity index (χ2n) is 0.853. The van der Waals surface area contributed by atoms with Crippen molar-refractivity contribution < 1.29 is 0 Å². The van der Waals surface area contributed by atoms with E-state index < -0.39 is 0 Å². The zero-order valence-electron chi connectivity index (χ0n) is 3.27. The Morgan fingerprint density at radius 1 is 1.80 bits per heavy atom. The molecule has 0 heterocycles. The van der Waals surface area contributed by atoms with Crippen LogP contribution >= 0.6 is 0 Å². The zero-order chi connectivity index (χ0) is 4.12. The van der Waals surface area contributed by atoms with Gasteiger partial charge >= 0.3 is 44.9 Å². The molecule has 0 unspecified atom stereocenters. The molecule has 0 amide bonds. The third-order valence-corrected chi connectivity index (χ3v) is 3.63. The SMILES string of the molecule is CCC[SeH]=[Se]. The third-order valence-electron chi connectivity index (χ3n) is 0.315. The third kappa shape index (κ3) is 5.04. The molecule has 0 aliphatic carbocycles. The van der Waals surface area contributed by atoms with Crippen molar-refractivity contribution in [2.24, 2.45) is 0 Å². The van der Waals surface area contributed by atoms with Crippen LogP contribution in [-0.4, -0.2) is 26.3 Å². The first-order valence-electron chi connectivity index (χ1n) is 1.71. The standard InChI is InChI=1S/C3H8Se2/c1-2-3-5-4/h5H,2-3H2,1H3. The summed E-state index contributed by atoms with van der Waals surface area (Å²) in [6, 6.07) is 0. The van der Waals surface area contributed by atoms with Gasteiger partial charge in [-0.25, -0.2) is 0 Å². The Hall–Kier alpha value is 1.04.